The number of anilines is 2. The largest absolute Gasteiger partial charge is 0.373 e. The van der Waals surface area contributed by atoms with Crippen molar-refractivity contribution in [3.8, 4) is 0 Å². The Morgan fingerprint density at radius 2 is 2.11 bits per heavy atom. The van der Waals surface area contributed by atoms with Gasteiger partial charge in [0.1, 0.15) is 0 Å². The number of nitrogens with two attached hydrogens (primary N) is 1. The first kappa shape index (κ1) is 13.5. The first-order chi connectivity index (χ1) is 8.63. The molecule has 0 bridgehead atoms. The van der Waals surface area contributed by atoms with Crippen LogP contribution in [-0.4, -0.2) is 33.2 Å². The second kappa shape index (κ2) is 5.81. The molecule has 0 unspecified atom stereocenters. The molecule has 0 aliphatic carbocycles. The van der Waals surface area contributed by atoms with Crippen molar-refractivity contribution in [1.82, 2.24) is 0 Å². The van der Waals surface area contributed by atoms with E-state index in [-0.39, 0.29) is 0 Å². The van der Waals surface area contributed by atoms with Crippen LogP contribution in [0.2, 0.25) is 5.02 Å². The minimum atomic E-state index is 0.744. The van der Waals surface area contributed by atoms with Crippen LogP contribution in [0.25, 0.3) is 0 Å². The van der Waals surface area contributed by atoms with Crippen LogP contribution in [0.4, 0.5) is 11.4 Å². The second-order valence-corrected chi connectivity index (χ2v) is 5.43. The van der Waals surface area contributed by atoms with Crippen molar-refractivity contribution < 1.29 is 0 Å². The van der Waals surface area contributed by atoms with Crippen molar-refractivity contribution in [2.75, 3.05) is 43.0 Å². The Kier molecular flexibility index (Phi) is 4.36. The molecule has 100 valence electrons. The first-order valence-electron chi connectivity index (χ1n) is 6.60. The lowest BCUT2D eigenvalue weighted by atomic mass is 10.1. The number of halogens is 1. The number of benzene rings is 1. The van der Waals surface area contributed by atoms with Gasteiger partial charge in [-0.15, -0.1) is 0 Å². The summed E-state index contributed by atoms with van der Waals surface area (Å²) in [6.07, 6.45) is 2.21. The molecule has 0 saturated heterocycles. The zero-order valence-corrected chi connectivity index (χ0v) is 12.0. The number of nitrogens with zero attached hydrogens (tertiary/aromatic N) is 2. The minimum Gasteiger partial charge on any atom is -0.373 e. The lowest BCUT2D eigenvalue weighted by molar-refractivity contribution is 0.709. The average molecular weight is 268 g/mol. The van der Waals surface area contributed by atoms with E-state index >= 15 is 0 Å². The molecule has 0 amide bonds. The van der Waals surface area contributed by atoms with Crippen LogP contribution in [0, 0.1) is 6.92 Å². The fourth-order valence-corrected chi connectivity index (χ4v) is 2.92. The Hall–Kier alpha value is -0.930. The van der Waals surface area contributed by atoms with Gasteiger partial charge in [-0.25, -0.2) is 0 Å². The molecule has 1 aliphatic heterocycles. The summed E-state index contributed by atoms with van der Waals surface area (Å²) in [5.41, 5.74) is 9.46. The summed E-state index contributed by atoms with van der Waals surface area (Å²) in [6, 6.07) is 4.12. The molecule has 0 aromatic heterocycles. The van der Waals surface area contributed by atoms with E-state index in [2.05, 4.69) is 35.9 Å². The van der Waals surface area contributed by atoms with Crippen molar-refractivity contribution in [3.05, 3.63) is 22.7 Å². The highest BCUT2D eigenvalue weighted by Crippen LogP contribution is 2.37. The van der Waals surface area contributed by atoms with Crippen LogP contribution in [0.5, 0.6) is 0 Å². The summed E-state index contributed by atoms with van der Waals surface area (Å²) in [6.45, 7) is 6.08. The zero-order chi connectivity index (χ0) is 13.1. The van der Waals surface area contributed by atoms with Crippen molar-refractivity contribution >= 4 is 23.0 Å². The maximum atomic E-state index is 6.19. The summed E-state index contributed by atoms with van der Waals surface area (Å²) >= 11 is 6.19. The van der Waals surface area contributed by atoms with Gasteiger partial charge in [-0.1, -0.05) is 11.6 Å². The Balaban J connectivity index is 2.41. The predicted molar refractivity (Wildman–Crippen MR) is 80.0 cm³/mol. The van der Waals surface area contributed by atoms with E-state index < -0.39 is 0 Å². The third-order valence-electron chi connectivity index (χ3n) is 3.53. The van der Waals surface area contributed by atoms with Gasteiger partial charge in [0, 0.05) is 31.7 Å². The van der Waals surface area contributed by atoms with Crippen molar-refractivity contribution in [1.29, 1.82) is 0 Å². The van der Waals surface area contributed by atoms with Crippen LogP contribution in [0.15, 0.2) is 12.1 Å². The smallest absolute Gasteiger partial charge is 0.0634 e. The molecule has 4 heteroatoms. The maximum absolute atomic E-state index is 6.19. The van der Waals surface area contributed by atoms with Gasteiger partial charge in [-0.2, -0.15) is 0 Å². The fraction of sp³-hybridized carbons (Fsp3) is 0.571. The van der Waals surface area contributed by atoms with Gasteiger partial charge in [0.15, 0.2) is 0 Å². The summed E-state index contributed by atoms with van der Waals surface area (Å²) < 4.78 is 0. The molecule has 1 aromatic rings. The Morgan fingerprint density at radius 1 is 1.33 bits per heavy atom. The second-order valence-electron chi connectivity index (χ2n) is 4.99. The fourth-order valence-electron chi connectivity index (χ4n) is 2.66. The Bertz CT molecular complexity index is 420. The molecule has 0 saturated carbocycles. The predicted octanol–water partition coefficient (Wildman–Crippen LogP) is 2.64. The van der Waals surface area contributed by atoms with E-state index in [0.29, 0.717) is 0 Å². The molecule has 18 heavy (non-hydrogen) atoms. The van der Waals surface area contributed by atoms with Gasteiger partial charge in [0.05, 0.1) is 11.4 Å². The molecule has 0 atom stereocenters. The van der Waals surface area contributed by atoms with Gasteiger partial charge in [0.25, 0.3) is 0 Å². The summed E-state index contributed by atoms with van der Waals surface area (Å²) in [5, 5.41) is 0.818. The van der Waals surface area contributed by atoms with E-state index in [0.717, 1.165) is 37.6 Å². The third kappa shape index (κ3) is 2.73. The normalized spacial score (nSPS) is 15.6. The van der Waals surface area contributed by atoms with Gasteiger partial charge < -0.3 is 15.5 Å². The molecular weight excluding hydrogens is 246 g/mol. The summed E-state index contributed by atoms with van der Waals surface area (Å²) in [4.78, 5) is 4.76. The van der Waals surface area contributed by atoms with Gasteiger partial charge in [0.2, 0.25) is 0 Å². The van der Waals surface area contributed by atoms with Crippen molar-refractivity contribution in [2.45, 2.75) is 19.8 Å². The minimum absolute atomic E-state index is 0.744. The highest BCUT2D eigenvalue weighted by atomic mass is 35.5. The molecule has 0 radical (unpaired) electrons. The van der Waals surface area contributed by atoms with Gasteiger partial charge >= 0.3 is 0 Å². The Labute approximate surface area is 115 Å². The molecule has 0 spiro atoms. The molecular formula is C14H22ClN3. The number of rotatable bonds is 3. The lowest BCUT2D eigenvalue weighted by Gasteiger charge is -2.28. The molecule has 1 aliphatic rings. The van der Waals surface area contributed by atoms with Crippen molar-refractivity contribution in [2.24, 2.45) is 5.73 Å². The van der Waals surface area contributed by atoms with Crippen LogP contribution in [0.1, 0.15) is 18.4 Å². The monoisotopic (exact) mass is 267 g/mol. The molecule has 2 N–H and O–H groups in total. The van der Waals surface area contributed by atoms with Crippen LogP contribution in [-0.2, 0) is 0 Å². The van der Waals surface area contributed by atoms with Gasteiger partial charge in [-0.3, -0.25) is 0 Å². The third-order valence-corrected chi connectivity index (χ3v) is 3.74. The molecule has 1 aromatic carbocycles. The SMILES string of the molecule is Cc1cc(Cl)cc2c1N(CCCN)CCCN2C. The first-order valence-corrected chi connectivity index (χ1v) is 6.97. The summed E-state index contributed by atoms with van der Waals surface area (Å²) in [7, 11) is 2.14. The average Bonchev–Trinajstić information content (AvgIpc) is 2.47. The van der Waals surface area contributed by atoms with Crippen LogP contribution in [0.3, 0.4) is 0 Å². The number of hydrogen-bond acceptors (Lipinski definition) is 3. The van der Waals surface area contributed by atoms with E-state index in [1.807, 2.05) is 0 Å². The van der Waals surface area contributed by atoms with Crippen molar-refractivity contribution in [3.63, 3.8) is 0 Å². The molecule has 0 fully saturated rings. The van der Waals surface area contributed by atoms with E-state index in [4.69, 9.17) is 17.3 Å². The Morgan fingerprint density at radius 3 is 2.83 bits per heavy atom. The highest BCUT2D eigenvalue weighted by Gasteiger charge is 2.20. The number of aryl methyl sites for hydroxylation is 1. The van der Waals surface area contributed by atoms with E-state index in [9.17, 15) is 0 Å². The molecule has 2 rings (SSSR count). The lowest BCUT2D eigenvalue weighted by Crippen LogP contribution is -2.27. The quantitative estimate of drug-likeness (QED) is 0.914. The maximum Gasteiger partial charge on any atom is 0.0634 e. The zero-order valence-electron chi connectivity index (χ0n) is 11.2. The van der Waals surface area contributed by atoms with Crippen LogP contribution < -0.4 is 15.5 Å². The number of fused-ring (bicyclic) bond motifs is 1. The summed E-state index contributed by atoms with van der Waals surface area (Å²) in [5.74, 6) is 0. The standard InChI is InChI=1S/C14H22ClN3/c1-11-9-12(15)10-13-14(11)18(7-3-5-16)8-4-6-17(13)2/h9-10H,3-8,16H2,1-2H3. The van der Waals surface area contributed by atoms with Crippen LogP contribution >= 0.6 is 11.6 Å². The highest BCUT2D eigenvalue weighted by molar-refractivity contribution is 6.31. The van der Waals surface area contributed by atoms with E-state index in [1.165, 1.54) is 23.4 Å². The van der Waals surface area contributed by atoms with Gasteiger partial charge in [-0.05, 0) is 44.0 Å². The topological polar surface area (TPSA) is 32.5 Å². The molecule has 3 nitrogen and oxygen atoms in total. The molecule has 1 heterocycles. The number of hydrogen-bond donors (Lipinski definition) is 1. The van der Waals surface area contributed by atoms with E-state index in [1.54, 1.807) is 0 Å².